The Kier molecular flexibility index (Phi) is 5.62. The predicted octanol–water partition coefficient (Wildman–Crippen LogP) is 3.82. The van der Waals surface area contributed by atoms with Crippen molar-refractivity contribution in [3.8, 4) is 0 Å². The van der Waals surface area contributed by atoms with E-state index in [4.69, 9.17) is 4.74 Å². The Morgan fingerprint density at radius 2 is 1.76 bits per heavy atom. The average Bonchev–Trinajstić information content (AvgIpc) is 3.68. The number of carbonyl (C=O) groups excluding carboxylic acids is 4. The van der Waals surface area contributed by atoms with E-state index in [0.29, 0.717) is 28.9 Å². The molecule has 0 bridgehead atoms. The Labute approximate surface area is 235 Å². The summed E-state index contributed by atoms with van der Waals surface area (Å²) in [7, 11) is 0. The van der Waals surface area contributed by atoms with Gasteiger partial charge in [0, 0.05) is 34.4 Å². The maximum Gasteiger partial charge on any atom is 0.338 e. The molecule has 0 saturated carbocycles. The van der Waals surface area contributed by atoms with Crippen molar-refractivity contribution in [3.05, 3.63) is 95.2 Å². The highest BCUT2D eigenvalue weighted by Crippen LogP contribution is 2.54. The molecular formula is C32H28N4O5. The highest BCUT2D eigenvalue weighted by molar-refractivity contribution is 6.26. The minimum atomic E-state index is -1.39. The number of hydrogen-bond acceptors (Lipinski definition) is 6. The van der Waals surface area contributed by atoms with Crippen LogP contribution in [0.1, 0.15) is 34.0 Å². The van der Waals surface area contributed by atoms with Crippen molar-refractivity contribution in [3.63, 3.8) is 0 Å². The first-order valence-electron chi connectivity index (χ1n) is 13.7. The molecule has 41 heavy (non-hydrogen) atoms. The molecule has 1 spiro atoms. The maximum atomic E-state index is 14.3. The summed E-state index contributed by atoms with van der Waals surface area (Å²) in [6.45, 7) is 3.87. The van der Waals surface area contributed by atoms with Crippen LogP contribution in [0, 0.1) is 18.8 Å². The number of imide groups is 1. The molecular weight excluding hydrogens is 520 g/mol. The molecule has 9 nitrogen and oxygen atoms in total. The number of benzene rings is 3. The quantitative estimate of drug-likeness (QED) is 0.258. The lowest BCUT2D eigenvalue weighted by Crippen LogP contribution is -2.53. The van der Waals surface area contributed by atoms with Gasteiger partial charge >= 0.3 is 5.97 Å². The first kappa shape index (κ1) is 25.2. The van der Waals surface area contributed by atoms with Crippen LogP contribution in [0.4, 0.5) is 11.4 Å². The van der Waals surface area contributed by atoms with Crippen LogP contribution in [-0.4, -0.2) is 41.3 Å². The maximum absolute atomic E-state index is 14.3. The van der Waals surface area contributed by atoms with Crippen molar-refractivity contribution in [1.82, 2.24) is 10.3 Å². The number of fused-ring (bicyclic) bond motifs is 5. The molecule has 7 rings (SSSR count). The molecule has 4 atom stereocenters. The van der Waals surface area contributed by atoms with Crippen molar-refractivity contribution in [1.29, 1.82) is 0 Å². The van der Waals surface area contributed by atoms with Crippen LogP contribution in [0.5, 0.6) is 0 Å². The molecule has 3 aliphatic rings. The van der Waals surface area contributed by atoms with Gasteiger partial charge in [0.25, 0.3) is 0 Å². The number of H-pyrrole nitrogens is 1. The van der Waals surface area contributed by atoms with Crippen molar-refractivity contribution >= 4 is 46.0 Å². The predicted molar refractivity (Wildman–Crippen MR) is 152 cm³/mol. The second-order valence-electron chi connectivity index (χ2n) is 10.9. The van der Waals surface area contributed by atoms with Gasteiger partial charge in [-0.25, -0.2) is 9.69 Å². The Balaban J connectivity index is 1.33. The SMILES string of the molecule is CCOC(=O)c1ccc(N2C(=O)C3C(Cc4c[nH]c5ccccc45)NC4(C(=O)Nc5c(C)cccc54)C3C2=O)cc1. The van der Waals surface area contributed by atoms with Crippen molar-refractivity contribution < 1.29 is 23.9 Å². The van der Waals surface area contributed by atoms with Gasteiger partial charge in [-0.15, -0.1) is 0 Å². The highest BCUT2D eigenvalue weighted by Gasteiger charge is 2.70. The Morgan fingerprint density at radius 3 is 2.54 bits per heavy atom. The van der Waals surface area contributed by atoms with E-state index in [-0.39, 0.29) is 18.4 Å². The number of carbonyl (C=O) groups is 4. The summed E-state index contributed by atoms with van der Waals surface area (Å²) in [5.74, 6) is -3.35. The monoisotopic (exact) mass is 548 g/mol. The number of hydrogen-bond donors (Lipinski definition) is 3. The molecule has 2 fully saturated rings. The molecule has 4 unspecified atom stereocenters. The zero-order valence-corrected chi connectivity index (χ0v) is 22.6. The van der Waals surface area contributed by atoms with Crippen LogP contribution in [-0.2, 0) is 31.1 Å². The number of rotatable bonds is 5. The Bertz CT molecular complexity index is 1760. The molecule has 3 N–H and O–H groups in total. The molecule has 3 amide bonds. The van der Waals surface area contributed by atoms with E-state index >= 15 is 0 Å². The summed E-state index contributed by atoms with van der Waals surface area (Å²) in [6, 6.07) is 19.3. The number of anilines is 2. The smallest absolute Gasteiger partial charge is 0.338 e. The molecule has 4 heterocycles. The zero-order valence-electron chi connectivity index (χ0n) is 22.6. The minimum Gasteiger partial charge on any atom is -0.462 e. The van der Waals surface area contributed by atoms with E-state index in [9.17, 15) is 19.2 Å². The van der Waals surface area contributed by atoms with Gasteiger partial charge in [-0.2, -0.15) is 0 Å². The molecule has 1 aromatic heterocycles. The second-order valence-corrected chi connectivity index (χ2v) is 10.9. The van der Waals surface area contributed by atoms with Gasteiger partial charge in [0.2, 0.25) is 17.7 Å². The van der Waals surface area contributed by atoms with E-state index in [1.54, 1.807) is 31.2 Å². The van der Waals surface area contributed by atoms with Gasteiger partial charge in [-0.1, -0.05) is 36.4 Å². The first-order chi connectivity index (χ1) is 19.8. The van der Waals surface area contributed by atoms with Crippen LogP contribution >= 0.6 is 0 Å². The zero-order chi connectivity index (χ0) is 28.5. The lowest BCUT2D eigenvalue weighted by atomic mass is 9.76. The lowest BCUT2D eigenvalue weighted by molar-refractivity contribution is -0.130. The van der Waals surface area contributed by atoms with Crippen LogP contribution < -0.4 is 15.5 Å². The standard InChI is InChI=1S/C32H28N4O5/c1-3-41-30(39)18-11-13-20(14-12-18)36-28(37)25-24(15-19-16-33-23-10-5-4-8-21(19)23)35-32(26(25)29(36)38)22-9-6-7-17(2)27(22)34-31(32)40/h4-14,16,24-26,33,35H,3,15H2,1-2H3,(H,34,40). The van der Waals surface area contributed by atoms with Gasteiger partial charge < -0.3 is 15.0 Å². The number of amides is 3. The largest absolute Gasteiger partial charge is 0.462 e. The van der Waals surface area contributed by atoms with E-state index in [0.717, 1.165) is 22.0 Å². The fraction of sp³-hybridized carbons (Fsp3) is 0.250. The number of esters is 1. The number of aromatic nitrogens is 1. The summed E-state index contributed by atoms with van der Waals surface area (Å²) in [5.41, 5.74) is 3.49. The van der Waals surface area contributed by atoms with Crippen LogP contribution in [0.3, 0.4) is 0 Å². The van der Waals surface area contributed by atoms with Gasteiger partial charge in [0.05, 0.1) is 29.7 Å². The summed E-state index contributed by atoms with van der Waals surface area (Å²) in [4.78, 5) is 59.0. The third-order valence-electron chi connectivity index (χ3n) is 8.71. The molecule has 3 aliphatic heterocycles. The molecule has 3 aromatic carbocycles. The van der Waals surface area contributed by atoms with E-state index in [1.807, 2.05) is 55.6 Å². The normalized spacial score (nSPS) is 24.7. The lowest BCUT2D eigenvalue weighted by Gasteiger charge is -2.29. The van der Waals surface area contributed by atoms with Crippen molar-refractivity contribution in [2.24, 2.45) is 11.8 Å². The first-order valence-corrected chi connectivity index (χ1v) is 13.7. The fourth-order valence-electron chi connectivity index (χ4n) is 6.90. The molecule has 0 radical (unpaired) electrons. The Hall–Kier alpha value is -4.76. The summed E-state index contributed by atoms with van der Waals surface area (Å²) in [5, 5.41) is 7.55. The van der Waals surface area contributed by atoms with E-state index < -0.39 is 35.3 Å². The summed E-state index contributed by atoms with van der Waals surface area (Å²) < 4.78 is 5.07. The fourth-order valence-corrected chi connectivity index (χ4v) is 6.90. The number of aryl methyl sites for hydroxylation is 1. The van der Waals surface area contributed by atoms with Gasteiger partial charge in [0.15, 0.2) is 0 Å². The number of para-hydroxylation sites is 2. The molecule has 2 saturated heterocycles. The molecule has 206 valence electrons. The van der Waals surface area contributed by atoms with Gasteiger partial charge in [0.1, 0.15) is 5.54 Å². The van der Waals surface area contributed by atoms with Crippen molar-refractivity contribution in [2.45, 2.75) is 31.8 Å². The number of nitrogens with zero attached hydrogens (tertiary/aromatic N) is 1. The minimum absolute atomic E-state index is 0.239. The third kappa shape index (κ3) is 3.52. The topological polar surface area (TPSA) is 121 Å². The van der Waals surface area contributed by atoms with E-state index in [1.165, 1.54) is 4.90 Å². The molecule has 9 heteroatoms. The highest BCUT2D eigenvalue weighted by atomic mass is 16.5. The van der Waals surface area contributed by atoms with Gasteiger partial charge in [-0.3, -0.25) is 19.7 Å². The molecule has 0 aliphatic carbocycles. The number of ether oxygens (including phenoxy) is 1. The van der Waals surface area contributed by atoms with Crippen LogP contribution in [0.25, 0.3) is 10.9 Å². The average molecular weight is 549 g/mol. The van der Waals surface area contributed by atoms with E-state index in [2.05, 4.69) is 15.6 Å². The third-order valence-corrected chi connectivity index (χ3v) is 8.71. The summed E-state index contributed by atoms with van der Waals surface area (Å²) in [6.07, 6.45) is 2.36. The number of aromatic amines is 1. The Morgan fingerprint density at radius 1 is 0.976 bits per heavy atom. The number of nitrogens with one attached hydrogen (secondary N) is 3. The van der Waals surface area contributed by atoms with Crippen molar-refractivity contribution in [2.75, 3.05) is 16.8 Å². The second kappa shape index (κ2) is 9.14. The van der Waals surface area contributed by atoms with Crippen LogP contribution in [0.2, 0.25) is 0 Å². The summed E-state index contributed by atoms with van der Waals surface area (Å²) >= 11 is 0. The van der Waals surface area contributed by atoms with Crippen LogP contribution in [0.15, 0.2) is 72.9 Å². The molecule has 4 aromatic rings. The van der Waals surface area contributed by atoms with Gasteiger partial charge in [-0.05, 0) is 61.7 Å².